The highest BCUT2D eigenvalue weighted by Gasteiger charge is 2.23. The summed E-state index contributed by atoms with van der Waals surface area (Å²) in [5.74, 6) is 0.731. The van der Waals surface area contributed by atoms with Gasteiger partial charge < -0.3 is 0 Å². The van der Waals surface area contributed by atoms with E-state index in [-0.39, 0.29) is 4.32 Å². The third-order valence-electron chi connectivity index (χ3n) is 6.10. The summed E-state index contributed by atoms with van der Waals surface area (Å²) in [6.45, 7) is 9.19. The summed E-state index contributed by atoms with van der Waals surface area (Å²) in [5, 5.41) is 0. The van der Waals surface area contributed by atoms with Gasteiger partial charge in [-0.15, -0.1) is 0 Å². The van der Waals surface area contributed by atoms with Crippen molar-refractivity contribution in [2.24, 2.45) is 0 Å². The summed E-state index contributed by atoms with van der Waals surface area (Å²) in [6, 6.07) is 9.19. The number of rotatable bonds is 17. The Morgan fingerprint density at radius 3 is 1.57 bits per heavy atom. The highest BCUT2D eigenvalue weighted by atomic mass is 79.9. The molecule has 0 aliphatic heterocycles. The average Bonchev–Trinajstić information content (AvgIpc) is 2.67. The van der Waals surface area contributed by atoms with E-state index in [0.717, 1.165) is 5.92 Å². The first-order valence-corrected chi connectivity index (χ1v) is 13.1. The normalized spacial score (nSPS) is 13.0. The molecule has 0 nitrogen and oxygen atoms in total. The molecule has 1 aromatic carbocycles. The largest absolute Gasteiger partial charge is 0.0807 e. The van der Waals surface area contributed by atoms with E-state index < -0.39 is 0 Å². The van der Waals surface area contributed by atoms with E-state index in [1.165, 1.54) is 102 Å². The van der Waals surface area contributed by atoms with Crippen molar-refractivity contribution in [3.8, 4) is 0 Å². The van der Waals surface area contributed by atoms with Crippen LogP contribution in [-0.4, -0.2) is 0 Å². The summed E-state index contributed by atoms with van der Waals surface area (Å²) in [5.41, 5.74) is 3.10. The van der Waals surface area contributed by atoms with Gasteiger partial charge in [-0.3, -0.25) is 0 Å². The van der Waals surface area contributed by atoms with Gasteiger partial charge in [0.15, 0.2) is 0 Å². The first-order valence-electron chi connectivity index (χ1n) is 12.3. The van der Waals surface area contributed by atoms with Gasteiger partial charge in [0.05, 0.1) is 0 Å². The smallest absolute Gasteiger partial charge is 0.0452 e. The van der Waals surface area contributed by atoms with Gasteiger partial charge in [-0.05, 0) is 43.7 Å². The van der Waals surface area contributed by atoms with Crippen molar-refractivity contribution in [2.75, 3.05) is 0 Å². The quantitative estimate of drug-likeness (QED) is 0.163. The molecule has 0 heterocycles. The topological polar surface area (TPSA) is 0 Å². The predicted molar refractivity (Wildman–Crippen MR) is 132 cm³/mol. The Kier molecular flexibility index (Phi) is 14.3. The lowest BCUT2D eigenvalue weighted by atomic mass is 9.83. The number of alkyl halides is 1. The third-order valence-corrected chi connectivity index (χ3v) is 6.53. The molecule has 1 rings (SSSR count). The SMILES string of the molecule is CCCCCCCCCC(CCCCCCCC)c1ccccc1C(C)(C)Br. The number of benzene rings is 1. The van der Waals surface area contributed by atoms with Crippen molar-refractivity contribution in [1.29, 1.82) is 0 Å². The number of hydrogen-bond donors (Lipinski definition) is 0. The Labute approximate surface area is 185 Å². The Bertz CT molecular complexity index is 485. The Hall–Kier alpha value is -0.300. The minimum Gasteiger partial charge on any atom is -0.0807 e. The standard InChI is InChI=1S/C27H47Br/c1-5-7-9-11-13-15-17-21-24(20-16-14-12-10-8-6-2)25-22-18-19-23-26(25)27(3,4)28/h18-19,22-24H,5-17,20-21H2,1-4H3. The van der Waals surface area contributed by atoms with Gasteiger partial charge in [0.2, 0.25) is 0 Å². The summed E-state index contributed by atoms with van der Waals surface area (Å²) in [7, 11) is 0. The fourth-order valence-corrected chi connectivity index (χ4v) is 4.73. The van der Waals surface area contributed by atoms with Crippen LogP contribution in [0.5, 0.6) is 0 Å². The molecule has 0 fully saturated rings. The van der Waals surface area contributed by atoms with Crippen LogP contribution in [0, 0.1) is 0 Å². The molecule has 0 bridgehead atoms. The molecule has 0 radical (unpaired) electrons. The van der Waals surface area contributed by atoms with E-state index in [1.54, 1.807) is 5.56 Å². The molecule has 0 N–H and O–H groups in total. The molecule has 1 atom stereocenters. The average molecular weight is 452 g/mol. The summed E-state index contributed by atoms with van der Waals surface area (Å²) in [4.78, 5) is 0. The van der Waals surface area contributed by atoms with E-state index in [2.05, 4.69) is 67.9 Å². The monoisotopic (exact) mass is 450 g/mol. The van der Waals surface area contributed by atoms with Crippen LogP contribution in [0.25, 0.3) is 0 Å². The van der Waals surface area contributed by atoms with Crippen LogP contribution in [0.2, 0.25) is 0 Å². The lowest BCUT2D eigenvalue weighted by Crippen LogP contribution is -2.13. The first-order chi connectivity index (χ1) is 13.5. The van der Waals surface area contributed by atoms with Crippen molar-refractivity contribution in [3.63, 3.8) is 0 Å². The first kappa shape index (κ1) is 25.7. The molecule has 162 valence electrons. The maximum Gasteiger partial charge on any atom is 0.0452 e. The zero-order valence-electron chi connectivity index (χ0n) is 19.4. The van der Waals surface area contributed by atoms with E-state index in [4.69, 9.17) is 0 Å². The van der Waals surface area contributed by atoms with Gasteiger partial charge in [-0.25, -0.2) is 0 Å². The minimum atomic E-state index is 0.0587. The van der Waals surface area contributed by atoms with Crippen LogP contribution < -0.4 is 0 Å². The highest BCUT2D eigenvalue weighted by molar-refractivity contribution is 9.09. The van der Waals surface area contributed by atoms with E-state index in [9.17, 15) is 0 Å². The number of unbranched alkanes of at least 4 members (excludes halogenated alkanes) is 11. The number of hydrogen-bond acceptors (Lipinski definition) is 0. The van der Waals surface area contributed by atoms with E-state index >= 15 is 0 Å². The van der Waals surface area contributed by atoms with Crippen LogP contribution in [0.4, 0.5) is 0 Å². The predicted octanol–water partition coefficient (Wildman–Crippen LogP) is 10.3. The van der Waals surface area contributed by atoms with Crippen molar-refractivity contribution >= 4 is 15.9 Å². The van der Waals surface area contributed by atoms with Gasteiger partial charge in [-0.1, -0.05) is 138 Å². The summed E-state index contributed by atoms with van der Waals surface area (Å²) >= 11 is 3.93. The van der Waals surface area contributed by atoms with Gasteiger partial charge in [0, 0.05) is 4.32 Å². The molecule has 1 heteroatoms. The van der Waals surface area contributed by atoms with Gasteiger partial charge >= 0.3 is 0 Å². The molecular formula is C27H47Br. The zero-order valence-corrected chi connectivity index (χ0v) is 21.0. The highest BCUT2D eigenvalue weighted by Crippen LogP contribution is 2.39. The van der Waals surface area contributed by atoms with Crippen molar-refractivity contribution in [2.45, 2.75) is 134 Å². The Morgan fingerprint density at radius 1 is 0.679 bits per heavy atom. The third kappa shape index (κ3) is 11.0. The maximum absolute atomic E-state index is 3.93. The molecule has 0 saturated carbocycles. The maximum atomic E-state index is 3.93. The molecule has 0 amide bonds. The fraction of sp³-hybridized carbons (Fsp3) is 0.778. The van der Waals surface area contributed by atoms with Crippen molar-refractivity contribution < 1.29 is 0 Å². The second kappa shape index (κ2) is 15.5. The van der Waals surface area contributed by atoms with Gasteiger partial charge in [0.1, 0.15) is 0 Å². The zero-order chi connectivity index (χ0) is 20.7. The molecule has 1 aromatic rings. The molecule has 1 unspecified atom stereocenters. The van der Waals surface area contributed by atoms with Crippen LogP contribution in [0.1, 0.15) is 141 Å². The van der Waals surface area contributed by atoms with Crippen LogP contribution in [0.3, 0.4) is 0 Å². The van der Waals surface area contributed by atoms with Gasteiger partial charge in [0.25, 0.3) is 0 Å². The summed E-state index contributed by atoms with van der Waals surface area (Å²) < 4.78 is 0.0587. The molecule has 0 aliphatic carbocycles. The summed E-state index contributed by atoms with van der Waals surface area (Å²) in [6.07, 6.45) is 21.0. The molecule has 0 saturated heterocycles. The lowest BCUT2D eigenvalue weighted by molar-refractivity contribution is 0.481. The molecule has 0 spiro atoms. The van der Waals surface area contributed by atoms with Crippen LogP contribution in [-0.2, 0) is 4.32 Å². The molecule has 0 aromatic heterocycles. The van der Waals surface area contributed by atoms with Crippen LogP contribution in [0.15, 0.2) is 24.3 Å². The van der Waals surface area contributed by atoms with Crippen molar-refractivity contribution in [1.82, 2.24) is 0 Å². The fourth-order valence-electron chi connectivity index (χ4n) is 4.37. The lowest BCUT2D eigenvalue weighted by Gasteiger charge is -2.26. The van der Waals surface area contributed by atoms with Crippen molar-refractivity contribution in [3.05, 3.63) is 35.4 Å². The second-order valence-electron chi connectivity index (χ2n) is 9.22. The molecule has 0 aliphatic rings. The van der Waals surface area contributed by atoms with Crippen LogP contribution >= 0.6 is 15.9 Å². The Morgan fingerprint density at radius 2 is 1.11 bits per heavy atom. The Balaban J connectivity index is 2.61. The minimum absolute atomic E-state index is 0.0587. The van der Waals surface area contributed by atoms with E-state index in [0.29, 0.717) is 0 Å². The van der Waals surface area contributed by atoms with E-state index in [1.807, 2.05) is 0 Å². The molecular weight excluding hydrogens is 404 g/mol. The number of halogens is 1. The second-order valence-corrected chi connectivity index (χ2v) is 11.2. The molecule has 28 heavy (non-hydrogen) atoms. The van der Waals surface area contributed by atoms with Gasteiger partial charge in [-0.2, -0.15) is 0 Å².